The van der Waals surface area contributed by atoms with E-state index in [1.807, 2.05) is 6.07 Å². The normalized spacial score (nSPS) is 12.7. The maximum absolute atomic E-state index is 6.52. The van der Waals surface area contributed by atoms with Crippen molar-refractivity contribution < 1.29 is 4.42 Å². The Morgan fingerprint density at radius 2 is 0.763 bits per heavy atom. The average Bonchev–Trinajstić information content (AvgIpc) is 4.07. The van der Waals surface area contributed by atoms with Crippen LogP contribution in [0.15, 0.2) is 271 Å². The van der Waals surface area contributed by atoms with E-state index in [1.54, 1.807) is 0 Å². The van der Waals surface area contributed by atoms with Gasteiger partial charge in [-0.25, -0.2) is 0 Å². The third kappa shape index (κ3) is 6.90. The highest BCUT2D eigenvalue weighted by Crippen LogP contribution is 2.53. The molecule has 3 nitrogen and oxygen atoms in total. The number of anilines is 6. The van der Waals surface area contributed by atoms with Gasteiger partial charge < -0.3 is 14.2 Å². The van der Waals surface area contributed by atoms with Gasteiger partial charge in [0.1, 0.15) is 11.2 Å². The van der Waals surface area contributed by atoms with E-state index >= 15 is 0 Å². The van der Waals surface area contributed by atoms with Gasteiger partial charge in [-0.05, 0) is 156 Å². The van der Waals surface area contributed by atoms with Crippen molar-refractivity contribution in [2.45, 2.75) is 19.3 Å². The summed E-state index contributed by atoms with van der Waals surface area (Å²) in [4.78, 5) is 4.83. The van der Waals surface area contributed by atoms with Crippen LogP contribution in [-0.2, 0) is 5.41 Å². The zero-order valence-corrected chi connectivity index (χ0v) is 42.2. The second-order valence-electron chi connectivity index (χ2n) is 20.8. The lowest BCUT2D eigenvalue weighted by atomic mass is 9.82. The molecule has 0 spiro atoms. The van der Waals surface area contributed by atoms with Gasteiger partial charge in [0, 0.05) is 55.6 Å². The lowest BCUT2D eigenvalue weighted by Gasteiger charge is -2.29. The molecule has 0 saturated carbocycles. The van der Waals surface area contributed by atoms with Crippen molar-refractivity contribution in [3.05, 3.63) is 278 Å². The highest BCUT2D eigenvalue weighted by molar-refractivity contribution is 6.25. The second-order valence-corrected chi connectivity index (χ2v) is 20.8. The largest absolute Gasteiger partial charge is 0.455 e. The molecule has 14 aromatic rings. The van der Waals surface area contributed by atoms with Gasteiger partial charge in [-0.15, -0.1) is 0 Å². The molecule has 0 atom stereocenters. The number of nitrogens with zero attached hydrogens (tertiary/aromatic N) is 2. The SMILES string of the molecule is CC1(C)c2cc(N(c3ccc(-c4ccc5c6ccccc6c6ccccc6c5c4)cc3)c3ccc(-c4cccc5c4oc4ccccc45)cc3)ccc2-c2ccc(N(c3ccccc3)c3cccc4ccccc34)cc21. The van der Waals surface area contributed by atoms with Gasteiger partial charge in [0.25, 0.3) is 0 Å². The molecule has 0 unspecified atom stereocenters. The van der Waals surface area contributed by atoms with Crippen molar-refractivity contribution in [2.24, 2.45) is 0 Å². The van der Waals surface area contributed by atoms with E-state index in [-0.39, 0.29) is 5.41 Å². The lowest BCUT2D eigenvalue weighted by Crippen LogP contribution is -2.17. The number of rotatable bonds is 8. The van der Waals surface area contributed by atoms with Gasteiger partial charge in [0.15, 0.2) is 0 Å². The van der Waals surface area contributed by atoms with Crippen LogP contribution in [-0.4, -0.2) is 0 Å². The van der Waals surface area contributed by atoms with Crippen molar-refractivity contribution in [3.63, 3.8) is 0 Å². The first-order valence-electron chi connectivity index (χ1n) is 26.3. The number of para-hydroxylation sites is 3. The van der Waals surface area contributed by atoms with Gasteiger partial charge in [-0.3, -0.25) is 0 Å². The second kappa shape index (κ2) is 17.2. The van der Waals surface area contributed by atoms with Gasteiger partial charge in [-0.1, -0.05) is 202 Å². The molecular formula is C73H50N2O. The molecule has 0 radical (unpaired) electrons. The van der Waals surface area contributed by atoms with Crippen LogP contribution >= 0.6 is 0 Å². The van der Waals surface area contributed by atoms with Crippen molar-refractivity contribution in [3.8, 4) is 33.4 Å². The highest BCUT2D eigenvalue weighted by atomic mass is 16.3. The highest BCUT2D eigenvalue weighted by Gasteiger charge is 2.37. The minimum atomic E-state index is -0.298. The van der Waals surface area contributed by atoms with Crippen molar-refractivity contribution in [2.75, 3.05) is 9.80 Å². The van der Waals surface area contributed by atoms with Crippen LogP contribution in [0.1, 0.15) is 25.0 Å². The Labute approximate surface area is 441 Å². The quantitative estimate of drug-likeness (QED) is 0.142. The van der Waals surface area contributed by atoms with Gasteiger partial charge >= 0.3 is 0 Å². The number of hydrogen-bond acceptors (Lipinski definition) is 3. The van der Waals surface area contributed by atoms with Gasteiger partial charge in [-0.2, -0.15) is 0 Å². The summed E-state index contributed by atoms with van der Waals surface area (Å²) in [5.41, 5.74) is 17.9. The number of benzene rings is 13. The summed E-state index contributed by atoms with van der Waals surface area (Å²) in [6.45, 7) is 4.77. The average molecular weight is 971 g/mol. The van der Waals surface area contributed by atoms with Crippen LogP contribution in [0.2, 0.25) is 0 Å². The van der Waals surface area contributed by atoms with E-state index < -0.39 is 0 Å². The maximum atomic E-state index is 6.52. The molecule has 0 N–H and O–H groups in total. The predicted molar refractivity (Wildman–Crippen MR) is 322 cm³/mol. The first-order chi connectivity index (χ1) is 37.4. The van der Waals surface area contributed by atoms with Crippen LogP contribution in [0.4, 0.5) is 34.1 Å². The summed E-state index contributed by atoms with van der Waals surface area (Å²) >= 11 is 0. The van der Waals surface area contributed by atoms with Gasteiger partial charge in [0.2, 0.25) is 0 Å². The van der Waals surface area contributed by atoms with E-state index in [1.165, 1.54) is 76.5 Å². The Morgan fingerprint density at radius 3 is 1.43 bits per heavy atom. The molecule has 0 saturated heterocycles. The lowest BCUT2D eigenvalue weighted by molar-refractivity contribution is 0.660. The predicted octanol–water partition coefficient (Wildman–Crippen LogP) is 20.8. The van der Waals surface area contributed by atoms with E-state index in [0.29, 0.717) is 0 Å². The molecule has 1 aliphatic rings. The molecule has 0 fully saturated rings. The van der Waals surface area contributed by atoms with Crippen LogP contribution in [0.25, 0.3) is 98.4 Å². The molecule has 0 aliphatic heterocycles. The summed E-state index contributed by atoms with van der Waals surface area (Å²) in [5.74, 6) is 0. The Kier molecular flexibility index (Phi) is 9.92. The first kappa shape index (κ1) is 43.8. The number of hydrogen-bond donors (Lipinski definition) is 0. The third-order valence-corrected chi connectivity index (χ3v) is 16.2. The van der Waals surface area contributed by atoms with E-state index in [2.05, 4.69) is 285 Å². The summed E-state index contributed by atoms with van der Waals surface area (Å²) in [6.07, 6.45) is 0. The summed E-state index contributed by atoms with van der Waals surface area (Å²) < 4.78 is 6.52. The monoisotopic (exact) mass is 970 g/mol. The molecule has 0 amide bonds. The van der Waals surface area contributed by atoms with Crippen LogP contribution in [0, 0.1) is 0 Å². The van der Waals surface area contributed by atoms with E-state index in [4.69, 9.17) is 4.42 Å². The first-order valence-corrected chi connectivity index (χ1v) is 26.3. The Bertz CT molecular complexity index is 4570. The third-order valence-electron chi connectivity index (χ3n) is 16.2. The van der Waals surface area contributed by atoms with Crippen LogP contribution in [0.3, 0.4) is 0 Å². The standard InChI is InChI=1S/C73H50N2O/c1-73(2)68-45-54(39-42-63(68)64-43-40-55(46-69(64)73)75(51-18-4-3-5-19-51)70-28-14-17-48-16-6-7-20-56(48)70)74(53-37-32-49(33-38-53)57-26-15-27-66-65-25-12-13-29-71(65)76-72(57)66)52-35-30-47(31-36-52)50-34-41-62-60-23-9-8-21-58(60)59-22-10-11-24-61(59)67(62)44-50/h3-46H,1-2H3. The van der Waals surface area contributed by atoms with Gasteiger partial charge in [0.05, 0.1) is 5.69 Å². The maximum Gasteiger partial charge on any atom is 0.143 e. The molecular weight excluding hydrogens is 921 g/mol. The molecule has 1 aliphatic carbocycles. The van der Waals surface area contributed by atoms with Crippen molar-refractivity contribution in [1.82, 2.24) is 0 Å². The summed E-state index contributed by atoms with van der Waals surface area (Å²) in [6, 6.07) is 97.7. The smallest absolute Gasteiger partial charge is 0.143 e. The molecule has 76 heavy (non-hydrogen) atoms. The Balaban J connectivity index is 0.841. The molecule has 1 heterocycles. The van der Waals surface area contributed by atoms with Crippen molar-refractivity contribution >= 4 is 99.2 Å². The molecule has 13 aromatic carbocycles. The summed E-state index contributed by atoms with van der Waals surface area (Å²) in [5, 5.41) is 12.4. The van der Waals surface area contributed by atoms with E-state index in [0.717, 1.165) is 67.2 Å². The van der Waals surface area contributed by atoms with E-state index in [9.17, 15) is 0 Å². The fourth-order valence-corrected chi connectivity index (χ4v) is 12.5. The minimum absolute atomic E-state index is 0.298. The molecule has 358 valence electrons. The number of fused-ring (bicyclic) bond motifs is 13. The zero-order valence-electron chi connectivity index (χ0n) is 42.2. The molecule has 15 rings (SSSR count). The summed E-state index contributed by atoms with van der Waals surface area (Å²) in [7, 11) is 0. The van der Waals surface area contributed by atoms with Crippen LogP contribution < -0.4 is 9.80 Å². The fourth-order valence-electron chi connectivity index (χ4n) is 12.5. The molecule has 1 aromatic heterocycles. The Morgan fingerprint density at radius 1 is 0.289 bits per heavy atom. The minimum Gasteiger partial charge on any atom is -0.455 e. The molecule has 3 heteroatoms. The zero-order chi connectivity index (χ0) is 50.5. The van der Waals surface area contributed by atoms with Crippen molar-refractivity contribution in [1.29, 1.82) is 0 Å². The fraction of sp³-hybridized carbons (Fsp3) is 0.0411. The Hall–Kier alpha value is -9.70. The topological polar surface area (TPSA) is 19.6 Å². The molecule has 0 bridgehead atoms. The number of furan rings is 1. The van der Waals surface area contributed by atoms with Crippen LogP contribution in [0.5, 0.6) is 0 Å².